The predicted octanol–water partition coefficient (Wildman–Crippen LogP) is 2.62. The minimum atomic E-state index is -0.684. The van der Waals surface area contributed by atoms with Gasteiger partial charge in [0.05, 0.1) is 7.11 Å². The van der Waals surface area contributed by atoms with Gasteiger partial charge in [-0.05, 0) is 37.5 Å². The molecular formula is C18H24N4O3S. The van der Waals surface area contributed by atoms with Crippen molar-refractivity contribution in [1.82, 2.24) is 20.1 Å². The number of aromatic amines is 1. The van der Waals surface area contributed by atoms with E-state index >= 15 is 0 Å². The predicted molar refractivity (Wildman–Crippen MR) is 101 cm³/mol. The van der Waals surface area contributed by atoms with Gasteiger partial charge < -0.3 is 10.1 Å². The van der Waals surface area contributed by atoms with Gasteiger partial charge in [0.2, 0.25) is 5.91 Å². The average Bonchev–Trinajstić information content (AvgIpc) is 2.94. The fourth-order valence-corrected chi connectivity index (χ4v) is 2.88. The molecule has 26 heavy (non-hydrogen) atoms. The van der Waals surface area contributed by atoms with Crippen molar-refractivity contribution in [3.8, 4) is 11.4 Å². The van der Waals surface area contributed by atoms with Gasteiger partial charge in [-0.15, -0.1) is 0 Å². The minimum Gasteiger partial charge on any atom is -0.467 e. The van der Waals surface area contributed by atoms with Gasteiger partial charge in [-0.2, -0.15) is 5.10 Å². The number of nitrogens with zero attached hydrogens (tertiary/aromatic N) is 2. The van der Waals surface area contributed by atoms with E-state index in [0.717, 1.165) is 11.1 Å². The first-order chi connectivity index (χ1) is 12.3. The molecule has 0 aliphatic carbocycles. The minimum absolute atomic E-state index is 0.0375. The first-order valence-electron chi connectivity index (χ1n) is 8.41. The van der Waals surface area contributed by atoms with Crippen LogP contribution in [0.15, 0.2) is 24.3 Å². The monoisotopic (exact) mass is 376 g/mol. The molecule has 1 atom stereocenters. The number of rotatable bonds is 7. The van der Waals surface area contributed by atoms with E-state index in [2.05, 4.69) is 15.5 Å². The second kappa shape index (κ2) is 8.75. The zero-order valence-corrected chi connectivity index (χ0v) is 16.2. The number of amides is 1. The SMILES string of the molecule is COC(=O)C(CC(C)C)NC(=O)Cn1c(-c2cccc(C)c2)n[nH]c1=S. The third-order valence-electron chi connectivity index (χ3n) is 3.86. The Balaban J connectivity index is 2.20. The Morgan fingerprint density at radius 1 is 1.38 bits per heavy atom. The summed E-state index contributed by atoms with van der Waals surface area (Å²) in [5.41, 5.74) is 1.94. The van der Waals surface area contributed by atoms with E-state index in [1.807, 2.05) is 45.0 Å². The molecule has 0 aliphatic heterocycles. The lowest BCUT2D eigenvalue weighted by Crippen LogP contribution is -2.43. The molecule has 8 heteroatoms. The van der Waals surface area contributed by atoms with Crippen molar-refractivity contribution in [2.45, 2.75) is 39.8 Å². The summed E-state index contributed by atoms with van der Waals surface area (Å²) >= 11 is 5.26. The Bertz CT molecular complexity index is 841. The summed E-state index contributed by atoms with van der Waals surface area (Å²) in [6.07, 6.45) is 0.500. The third kappa shape index (κ3) is 5.01. The fraction of sp³-hybridized carbons (Fsp3) is 0.444. The van der Waals surface area contributed by atoms with Crippen LogP contribution in [0, 0.1) is 17.6 Å². The first-order valence-corrected chi connectivity index (χ1v) is 8.82. The molecule has 140 valence electrons. The van der Waals surface area contributed by atoms with Crippen LogP contribution in [0.1, 0.15) is 25.8 Å². The second-order valence-electron chi connectivity index (χ2n) is 6.58. The molecular weight excluding hydrogens is 352 g/mol. The number of hydrogen-bond donors (Lipinski definition) is 2. The summed E-state index contributed by atoms with van der Waals surface area (Å²) in [4.78, 5) is 24.4. The van der Waals surface area contributed by atoms with Crippen LogP contribution in [0.2, 0.25) is 0 Å². The highest BCUT2D eigenvalue weighted by molar-refractivity contribution is 7.71. The summed E-state index contributed by atoms with van der Waals surface area (Å²) in [5.74, 6) is 0.0277. The van der Waals surface area contributed by atoms with Crippen LogP contribution in [-0.2, 0) is 20.9 Å². The van der Waals surface area contributed by atoms with Gasteiger partial charge in [-0.3, -0.25) is 14.5 Å². The number of ether oxygens (including phenoxy) is 1. The molecule has 0 bridgehead atoms. The number of carbonyl (C=O) groups excluding carboxylic acids is 2. The van der Waals surface area contributed by atoms with Crippen molar-refractivity contribution < 1.29 is 14.3 Å². The molecule has 0 saturated carbocycles. The molecule has 0 saturated heterocycles. The summed E-state index contributed by atoms with van der Waals surface area (Å²) in [6.45, 7) is 5.90. The largest absolute Gasteiger partial charge is 0.467 e. The number of aryl methyl sites for hydroxylation is 1. The van der Waals surface area contributed by atoms with E-state index < -0.39 is 12.0 Å². The fourth-order valence-electron chi connectivity index (χ4n) is 2.68. The Kier molecular flexibility index (Phi) is 6.68. The number of nitrogens with one attached hydrogen (secondary N) is 2. The molecule has 0 fully saturated rings. The van der Waals surface area contributed by atoms with E-state index in [-0.39, 0.29) is 18.4 Å². The Morgan fingerprint density at radius 3 is 2.73 bits per heavy atom. The van der Waals surface area contributed by atoms with Gasteiger partial charge in [0.1, 0.15) is 12.6 Å². The lowest BCUT2D eigenvalue weighted by molar-refractivity contribution is -0.145. The molecule has 0 aliphatic rings. The topological polar surface area (TPSA) is 89.0 Å². The van der Waals surface area contributed by atoms with Crippen LogP contribution in [0.4, 0.5) is 0 Å². The van der Waals surface area contributed by atoms with Crippen molar-refractivity contribution in [3.63, 3.8) is 0 Å². The molecule has 2 rings (SSSR count). The normalized spacial score (nSPS) is 12.0. The molecule has 1 aromatic heterocycles. The van der Waals surface area contributed by atoms with E-state index in [1.54, 1.807) is 4.57 Å². The first kappa shape index (κ1) is 19.8. The molecule has 1 unspecified atom stereocenters. The molecule has 0 spiro atoms. The van der Waals surface area contributed by atoms with E-state index in [9.17, 15) is 9.59 Å². The number of methoxy groups -OCH3 is 1. The van der Waals surface area contributed by atoms with Gasteiger partial charge in [-0.25, -0.2) is 4.79 Å². The van der Waals surface area contributed by atoms with Crippen molar-refractivity contribution in [2.24, 2.45) is 5.92 Å². The van der Waals surface area contributed by atoms with Crippen molar-refractivity contribution in [1.29, 1.82) is 0 Å². The second-order valence-corrected chi connectivity index (χ2v) is 6.97. The van der Waals surface area contributed by atoms with Gasteiger partial charge in [0, 0.05) is 5.56 Å². The summed E-state index contributed by atoms with van der Waals surface area (Å²) in [6, 6.07) is 7.09. The number of H-pyrrole nitrogens is 1. The maximum atomic E-state index is 12.5. The Hall–Kier alpha value is -2.48. The summed E-state index contributed by atoms with van der Waals surface area (Å²) in [7, 11) is 1.31. The quantitative estimate of drug-likeness (QED) is 0.573. The van der Waals surface area contributed by atoms with Crippen molar-refractivity contribution in [2.75, 3.05) is 7.11 Å². The summed E-state index contributed by atoms with van der Waals surface area (Å²) in [5, 5.41) is 9.69. The molecule has 1 aromatic carbocycles. The Labute approximate surface area is 157 Å². The van der Waals surface area contributed by atoms with Gasteiger partial charge >= 0.3 is 5.97 Å². The molecule has 7 nitrogen and oxygen atoms in total. The number of hydrogen-bond acceptors (Lipinski definition) is 5. The zero-order valence-electron chi connectivity index (χ0n) is 15.4. The third-order valence-corrected chi connectivity index (χ3v) is 4.18. The van der Waals surface area contributed by atoms with Crippen molar-refractivity contribution >= 4 is 24.1 Å². The van der Waals surface area contributed by atoms with E-state index in [4.69, 9.17) is 17.0 Å². The molecule has 0 radical (unpaired) electrons. The number of carbonyl (C=O) groups is 2. The maximum absolute atomic E-state index is 12.5. The van der Waals surface area contributed by atoms with Gasteiger partial charge in [-0.1, -0.05) is 37.6 Å². The smallest absolute Gasteiger partial charge is 0.328 e. The molecule has 2 N–H and O–H groups in total. The standard InChI is InChI=1S/C18H24N4O3S/c1-11(2)8-14(17(24)25-4)19-15(23)10-22-16(20-21-18(22)26)13-7-5-6-12(3)9-13/h5-7,9,11,14H,8,10H2,1-4H3,(H,19,23)(H,21,26). The lowest BCUT2D eigenvalue weighted by Gasteiger charge is -2.18. The van der Waals surface area contributed by atoms with Crippen LogP contribution < -0.4 is 5.32 Å². The molecule has 1 heterocycles. The van der Waals surface area contributed by atoms with Crippen LogP contribution in [0.3, 0.4) is 0 Å². The molecule has 2 aromatic rings. The van der Waals surface area contributed by atoms with E-state index in [1.165, 1.54) is 7.11 Å². The highest BCUT2D eigenvalue weighted by Crippen LogP contribution is 2.18. The Morgan fingerprint density at radius 2 is 2.12 bits per heavy atom. The molecule has 1 amide bonds. The van der Waals surface area contributed by atoms with Crippen molar-refractivity contribution in [3.05, 3.63) is 34.6 Å². The van der Waals surface area contributed by atoms with Crippen LogP contribution in [0.5, 0.6) is 0 Å². The van der Waals surface area contributed by atoms with Gasteiger partial charge in [0.25, 0.3) is 0 Å². The lowest BCUT2D eigenvalue weighted by atomic mass is 10.0. The van der Waals surface area contributed by atoms with Gasteiger partial charge in [0.15, 0.2) is 10.6 Å². The van der Waals surface area contributed by atoms with E-state index in [0.29, 0.717) is 17.0 Å². The number of benzene rings is 1. The zero-order chi connectivity index (χ0) is 19.3. The van der Waals surface area contributed by atoms with Crippen LogP contribution >= 0.6 is 12.2 Å². The highest BCUT2D eigenvalue weighted by atomic mass is 32.1. The highest BCUT2D eigenvalue weighted by Gasteiger charge is 2.23. The average molecular weight is 376 g/mol. The maximum Gasteiger partial charge on any atom is 0.328 e. The number of esters is 1. The van der Waals surface area contributed by atoms with Crippen LogP contribution in [-0.4, -0.2) is 39.8 Å². The number of aromatic nitrogens is 3. The summed E-state index contributed by atoms with van der Waals surface area (Å²) < 4.78 is 6.74. The van der Waals surface area contributed by atoms with Crippen LogP contribution in [0.25, 0.3) is 11.4 Å².